The van der Waals surface area contributed by atoms with Gasteiger partial charge in [0.1, 0.15) is 5.92 Å². The first-order valence-electron chi connectivity index (χ1n) is 10.4. The molecule has 4 rings (SSSR count). The number of nitrogens with zero attached hydrogens (tertiary/aromatic N) is 2. The second kappa shape index (κ2) is 9.08. The summed E-state index contributed by atoms with van der Waals surface area (Å²) in [6, 6.07) is 21.8. The van der Waals surface area contributed by atoms with Crippen LogP contribution in [0.2, 0.25) is 0 Å². The van der Waals surface area contributed by atoms with Crippen molar-refractivity contribution in [2.24, 2.45) is 4.99 Å². The van der Waals surface area contributed by atoms with Gasteiger partial charge in [0.05, 0.1) is 24.1 Å². The number of nitrogens with one attached hydrogen (secondary N) is 1. The highest BCUT2D eigenvalue weighted by Gasteiger charge is 2.36. The molecule has 1 aliphatic rings. The first kappa shape index (κ1) is 22.0. The highest BCUT2D eigenvalue weighted by atomic mass is 16.5. The Labute approximate surface area is 191 Å². The Morgan fingerprint density at radius 1 is 0.970 bits per heavy atom. The largest absolute Gasteiger partial charge is 0.465 e. The van der Waals surface area contributed by atoms with Crippen LogP contribution in [0.1, 0.15) is 34.3 Å². The molecule has 0 aliphatic carbocycles. The first-order chi connectivity index (χ1) is 15.9. The first-order valence-corrected chi connectivity index (χ1v) is 10.4. The van der Waals surface area contributed by atoms with Crippen LogP contribution in [-0.2, 0) is 14.3 Å². The molecule has 0 radical (unpaired) electrons. The summed E-state index contributed by atoms with van der Waals surface area (Å²) in [5.74, 6) is -1.40. The Hall–Kier alpha value is -4.26. The molecule has 1 atom stereocenters. The molecule has 0 spiro atoms. The van der Waals surface area contributed by atoms with Crippen LogP contribution < -0.4 is 10.2 Å². The van der Waals surface area contributed by atoms with E-state index >= 15 is 0 Å². The number of ether oxygens (including phenoxy) is 1. The van der Waals surface area contributed by atoms with E-state index in [0.29, 0.717) is 22.6 Å². The van der Waals surface area contributed by atoms with Crippen LogP contribution in [0, 0.1) is 0 Å². The highest BCUT2D eigenvalue weighted by molar-refractivity contribution is 6.24. The number of hydrogen-bond donors (Lipinski definition) is 1. The van der Waals surface area contributed by atoms with Crippen LogP contribution in [0.25, 0.3) is 0 Å². The summed E-state index contributed by atoms with van der Waals surface area (Å²) in [6.07, 6.45) is 0. The van der Waals surface area contributed by atoms with E-state index in [1.807, 2.05) is 54.6 Å². The Morgan fingerprint density at radius 3 is 2.30 bits per heavy atom. The predicted octanol–water partition coefficient (Wildman–Crippen LogP) is 4.31. The molecular weight excluding hydrogens is 418 g/mol. The Balaban J connectivity index is 1.78. The summed E-state index contributed by atoms with van der Waals surface area (Å²) in [6.45, 7) is 1.50. The molecule has 166 valence electrons. The molecule has 2 amide bonds. The number of hydrogen-bond acceptors (Lipinski definition) is 5. The van der Waals surface area contributed by atoms with Gasteiger partial charge in [-0.05, 0) is 47.5 Å². The quantitative estimate of drug-likeness (QED) is 0.472. The average molecular weight is 441 g/mol. The van der Waals surface area contributed by atoms with E-state index in [2.05, 4.69) is 5.32 Å². The van der Waals surface area contributed by atoms with E-state index in [0.717, 1.165) is 16.8 Å². The van der Waals surface area contributed by atoms with Crippen LogP contribution in [0.3, 0.4) is 0 Å². The number of aliphatic imine (C=N–C) groups is 1. The molecule has 0 bridgehead atoms. The van der Waals surface area contributed by atoms with Crippen LogP contribution in [0.4, 0.5) is 17.1 Å². The van der Waals surface area contributed by atoms with Crippen molar-refractivity contribution in [2.75, 3.05) is 24.4 Å². The van der Waals surface area contributed by atoms with E-state index in [-0.39, 0.29) is 11.8 Å². The van der Waals surface area contributed by atoms with E-state index in [4.69, 9.17) is 9.73 Å². The maximum atomic E-state index is 13.1. The predicted molar refractivity (Wildman–Crippen MR) is 127 cm³/mol. The SMILES string of the molecule is COC(=O)c1ccc2c(c1)NC(=O)C2C(=Nc1ccc(N(C)C(C)=O)cc1)c1ccccc1. The molecule has 0 saturated carbocycles. The molecule has 0 saturated heterocycles. The van der Waals surface area contributed by atoms with Gasteiger partial charge in [0, 0.05) is 25.3 Å². The van der Waals surface area contributed by atoms with E-state index in [9.17, 15) is 14.4 Å². The highest BCUT2D eigenvalue weighted by Crippen LogP contribution is 2.37. The molecule has 1 N–H and O–H groups in total. The third-order valence-electron chi connectivity index (χ3n) is 5.61. The van der Waals surface area contributed by atoms with Gasteiger partial charge in [-0.2, -0.15) is 0 Å². The van der Waals surface area contributed by atoms with Crippen molar-refractivity contribution in [1.29, 1.82) is 0 Å². The lowest BCUT2D eigenvalue weighted by Crippen LogP contribution is -2.22. The maximum Gasteiger partial charge on any atom is 0.337 e. The van der Waals surface area contributed by atoms with Gasteiger partial charge < -0.3 is 15.0 Å². The molecule has 7 heteroatoms. The summed E-state index contributed by atoms with van der Waals surface area (Å²) in [5.41, 5.74) is 4.47. The Kier molecular flexibility index (Phi) is 6.04. The number of methoxy groups -OCH3 is 1. The third-order valence-corrected chi connectivity index (χ3v) is 5.61. The van der Waals surface area contributed by atoms with Crippen molar-refractivity contribution < 1.29 is 19.1 Å². The van der Waals surface area contributed by atoms with Crippen LogP contribution in [0.5, 0.6) is 0 Å². The lowest BCUT2D eigenvalue weighted by Gasteiger charge is -2.16. The fraction of sp³-hybridized carbons (Fsp3) is 0.154. The lowest BCUT2D eigenvalue weighted by atomic mass is 9.90. The Bertz CT molecular complexity index is 1250. The normalized spacial score (nSPS) is 14.9. The molecule has 1 unspecified atom stereocenters. The van der Waals surface area contributed by atoms with Gasteiger partial charge in [-0.1, -0.05) is 36.4 Å². The van der Waals surface area contributed by atoms with Crippen LogP contribution in [-0.4, -0.2) is 37.7 Å². The van der Waals surface area contributed by atoms with Gasteiger partial charge in [0.2, 0.25) is 11.8 Å². The number of amides is 2. The minimum atomic E-state index is -0.645. The van der Waals surface area contributed by atoms with Crippen molar-refractivity contribution in [1.82, 2.24) is 0 Å². The van der Waals surface area contributed by atoms with Crippen molar-refractivity contribution >= 4 is 40.6 Å². The van der Waals surface area contributed by atoms with Gasteiger partial charge in [-0.25, -0.2) is 4.79 Å². The van der Waals surface area contributed by atoms with E-state index in [1.54, 1.807) is 30.1 Å². The van der Waals surface area contributed by atoms with Gasteiger partial charge >= 0.3 is 5.97 Å². The molecule has 3 aromatic rings. The minimum Gasteiger partial charge on any atom is -0.465 e. The summed E-state index contributed by atoms with van der Waals surface area (Å²) < 4.78 is 4.79. The fourth-order valence-corrected chi connectivity index (χ4v) is 3.76. The van der Waals surface area contributed by atoms with Crippen molar-refractivity contribution in [2.45, 2.75) is 12.8 Å². The van der Waals surface area contributed by atoms with E-state index < -0.39 is 11.9 Å². The molecule has 33 heavy (non-hydrogen) atoms. The standard InChI is InChI=1S/C26H23N3O4/c1-16(30)29(2)20-12-10-19(11-13-20)27-24(17-7-5-4-6-8-17)23-21-14-9-18(26(32)33-3)15-22(21)28-25(23)31/h4-15,23H,1-3H3,(H,28,31). The smallest absolute Gasteiger partial charge is 0.337 e. The second-order valence-corrected chi connectivity index (χ2v) is 7.67. The monoisotopic (exact) mass is 441 g/mol. The van der Waals surface area contributed by atoms with Gasteiger partial charge in [-0.15, -0.1) is 0 Å². The molecular formula is C26H23N3O4. The zero-order valence-electron chi connectivity index (χ0n) is 18.5. The number of anilines is 2. The topological polar surface area (TPSA) is 88.1 Å². The van der Waals surface area contributed by atoms with Gasteiger partial charge in [0.25, 0.3) is 0 Å². The number of rotatable bonds is 5. The molecule has 3 aromatic carbocycles. The molecule has 0 aromatic heterocycles. The summed E-state index contributed by atoms with van der Waals surface area (Å²) in [7, 11) is 3.02. The maximum absolute atomic E-state index is 13.1. The number of carbonyl (C=O) groups is 3. The average Bonchev–Trinajstić information content (AvgIpc) is 3.17. The molecule has 0 fully saturated rings. The lowest BCUT2D eigenvalue weighted by molar-refractivity contribution is -0.116. The molecule has 1 heterocycles. The summed E-state index contributed by atoms with van der Waals surface area (Å²) in [5, 5.41) is 2.87. The number of benzene rings is 3. The summed E-state index contributed by atoms with van der Waals surface area (Å²) in [4.78, 5) is 43.0. The fourth-order valence-electron chi connectivity index (χ4n) is 3.76. The Morgan fingerprint density at radius 2 is 1.67 bits per heavy atom. The minimum absolute atomic E-state index is 0.0678. The second-order valence-electron chi connectivity index (χ2n) is 7.67. The zero-order valence-corrected chi connectivity index (χ0v) is 18.5. The van der Waals surface area contributed by atoms with Gasteiger partial charge in [0.15, 0.2) is 0 Å². The third kappa shape index (κ3) is 4.39. The zero-order chi connectivity index (χ0) is 23.5. The number of carbonyl (C=O) groups excluding carboxylic acids is 3. The number of fused-ring (bicyclic) bond motifs is 1. The van der Waals surface area contributed by atoms with Crippen molar-refractivity contribution in [3.05, 3.63) is 89.5 Å². The van der Waals surface area contributed by atoms with Crippen molar-refractivity contribution in [3.63, 3.8) is 0 Å². The van der Waals surface area contributed by atoms with Gasteiger partial charge in [-0.3, -0.25) is 14.6 Å². The van der Waals surface area contributed by atoms with Crippen molar-refractivity contribution in [3.8, 4) is 0 Å². The number of esters is 1. The molecule has 1 aliphatic heterocycles. The van der Waals surface area contributed by atoms with Crippen LogP contribution >= 0.6 is 0 Å². The summed E-state index contributed by atoms with van der Waals surface area (Å²) >= 11 is 0. The van der Waals surface area contributed by atoms with E-state index in [1.165, 1.54) is 14.0 Å². The molecule has 7 nitrogen and oxygen atoms in total. The van der Waals surface area contributed by atoms with Crippen LogP contribution in [0.15, 0.2) is 77.8 Å².